The number of anilines is 1. The van der Waals surface area contributed by atoms with Crippen molar-refractivity contribution in [2.45, 2.75) is 12.8 Å². The van der Waals surface area contributed by atoms with E-state index in [2.05, 4.69) is 29.0 Å². The summed E-state index contributed by atoms with van der Waals surface area (Å²) < 4.78 is 0. The van der Waals surface area contributed by atoms with Crippen molar-refractivity contribution in [1.82, 2.24) is 4.90 Å². The Balaban J connectivity index is 1.73. The van der Waals surface area contributed by atoms with Crippen molar-refractivity contribution in [3.63, 3.8) is 0 Å². The predicted molar refractivity (Wildman–Crippen MR) is 76.5 cm³/mol. The average molecular weight is 262 g/mol. The molecule has 1 saturated heterocycles. The molecule has 0 amide bonds. The van der Waals surface area contributed by atoms with Gasteiger partial charge in [0.2, 0.25) is 0 Å². The second-order valence-corrected chi connectivity index (χ2v) is 5.21. The molecule has 1 N–H and O–H groups in total. The van der Waals surface area contributed by atoms with Crippen LogP contribution in [0.2, 0.25) is 0 Å². The Kier molecular flexibility index (Phi) is 4.80. The molecule has 4 nitrogen and oxygen atoms in total. The molecule has 0 unspecified atom stereocenters. The van der Waals surface area contributed by atoms with Crippen molar-refractivity contribution >= 4 is 11.7 Å². The van der Waals surface area contributed by atoms with Crippen LogP contribution in [0.3, 0.4) is 0 Å². The van der Waals surface area contributed by atoms with Gasteiger partial charge in [0.1, 0.15) is 0 Å². The Morgan fingerprint density at radius 1 is 1.32 bits per heavy atom. The normalized spacial score (nSPS) is 17.3. The molecule has 1 fully saturated rings. The number of hydrogen-bond donors (Lipinski definition) is 1. The monoisotopic (exact) mass is 262 g/mol. The molecule has 0 saturated carbocycles. The van der Waals surface area contributed by atoms with Gasteiger partial charge in [0.05, 0.1) is 5.92 Å². The summed E-state index contributed by atoms with van der Waals surface area (Å²) >= 11 is 0. The number of likely N-dealkylation sites (tertiary alicyclic amines) is 1. The van der Waals surface area contributed by atoms with Gasteiger partial charge in [0.15, 0.2) is 0 Å². The number of carboxylic acid groups (broad SMARTS) is 1. The van der Waals surface area contributed by atoms with Crippen LogP contribution >= 0.6 is 0 Å². The second-order valence-electron chi connectivity index (χ2n) is 5.21. The predicted octanol–water partition coefficient (Wildman–Crippen LogP) is 1.92. The maximum atomic E-state index is 10.9. The first-order valence-electron chi connectivity index (χ1n) is 6.88. The Morgan fingerprint density at radius 2 is 1.95 bits per heavy atom. The number of para-hydroxylation sites is 1. The molecule has 0 aliphatic carbocycles. The number of aliphatic carboxylic acids is 1. The SMILES string of the molecule is CN(CCN1CCC(C(=O)O)CC1)c1ccccc1. The first kappa shape index (κ1) is 13.9. The Bertz CT molecular complexity index is 400. The van der Waals surface area contributed by atoms with E-state index in [0.717, 1.165) is 39.0 Å². The first-order chi connectivity index (χ1) is 9.16. The Labute approximate surface area is 114 Å². The zero-order valence-electron chi connectivity index (χ0n) is 11.5. The fourth-order valence-electron chi connectivity index (χ4n) is 2.51. The molecule has 1 aliphatic heterocycles. The topological polar surface area (TPSA) is 43.8 Å². The third-order valence-corrected chi connectivity index (χ3v) is 3.89. The highest BCUT2D eigenvalue weighted by Gasteiger charge is 2.24. The minimum atomic E-state index is -0.638. The number of hydrogen-bond acceptors (Lipinski definition) is 3. The van der Waals surface area contributed by atoms with Gasteiger partial charge in [0.25, 0.3) is 0 Å². The summed E-state index contributed by atoms with van der Waals surface area (Å²) in [6.07, 6.45) is 1.56. The highest BCUT2D eigenvalue weighted by atomic mass is 16.4. The number of likely N-dealkylation sites (N-methyl/N-ethyl adjacent to an activating group) is 1. The van der Waals surface area contributed by atoms with Crippen molar-refractivity contribution in [3.05, 3.63) is 30.3 Å². The van der Waals surface area contributed by atoms with Crippen LogP contribution in [0.25, 0.3) is 0 Å². The summed E-state index contributed by atoms with van der Waals surface area (Å²) in [5, 5.41) is 8.96. The van der Waals surface area contributed by atoms with E-state index in [4.69, 9.17) is 5.11 Å². The molecular formula is C15H22N2O2. The highest BCUT2D eigenvalue weighted by molar-refractivity contribution is 5.70. The maximum Gasteiger partial charge on any atom is 0.306 e. The van der Waals surface area contributed by atoms with Gasteiger partial charge in [-0.3, -0.25) is 4.79 Å². The van der Waals surface area contributed by atoms with Crippen molar-refractivity contribution in [1.29, 1.82) is 0 Å². The smallest absolute Gasteiger partial charge is 0.306 e. The molecule has 1 aromatic carbocycles. The minimum absolute atomic E-state index is 0.136. The molecule has 0 atom stereocenters. The maximum absolute atomic E-state index is 10.9. The van der Waals surface area contributed by atoms with E-state index in [-0.39, 0.29) is 5.92 Å². The van der Waals surface area contributed by atoms with Gasteiger partial charge in [-0.15, -0.1) is 0 Å². The molecule has 1 aromatic rings. The second kappa shape index (κ2) is 6.57. The summed E-state index contributed by atoms with van der Waals surface area (Å²) in [4.78, 5) is 15.5. The van der Waals surface area contributed by atoms with E-state index >= 15 is 0 Å². The van der Waals surface area contributed by atoms with Crippen molar-refractivity contribution in [3.8, 4) is 0 Å². The van der Waals surface area contributed by atoms with Crippen molar-refractivity contribution < 1.29 is 9.90 Å². The fraction of sp³-hybridized carbons (Fsp3) is 0.533. The number of carbonyl (C=O) groups is 1. The molecule has 1 heterocycles. The molecule has 104 valence electrons. The summed E-state index contributed by atoms with van der Waals surface area (Å²) in [5.41, 5.74) is 1.22. The van der Waals surface area contributed by atoms with Crippen LogP contribution in [0, 0.1) is 5.92 Å². The fourth-order valence-corrected chi connectivity index (χ4v) is 2.51. The largest absolute Gasteiger partial charge is 0.481 e. The van der Waals surface area contributed by atoms with Gasteiger partial charge in [-0.25, -0.2) is 0 Å². The van der Waals surface area contributed by atoms with Crippen molar-refractivity contribution in [2.75, 3.05) is 38.1 Å². The lowest BCUT2D eigenvalue weighted by molar-refractivity contribution is -0.143. The molecule has 0 spiro atoms. The zero-order chi connectivity index (χ0) is 13.7. The molecule has 19 heavy (non-hydrogen) atoms. The molecule has 1 aliphatic rings. The lowest BCUT2D eigenvalue weighted by atomic mass is 9.97. The standard InChI is InChI=1S/C15H22N2O2/c1-16(14-5-3-2-4-6-14)11-12-17-9-7-13(8-10-17)15(18)19/h2-6,13H,7-12H2,1H3,(H,18,19). The van der Waals surface area contributed by atoms with Crippen molar-refractivity contribution in [2.24, 2.45) is 5.92 Å². The molecular weight excluding hydrogens is 240 g/mol. The van der Waals surface area contributed by atoms with Gasteiger partial charge in [0, 0.05) is 25.8 Å². The van der Waals surface area contributed by atoms with E-state index in [1.165, 1.54) is 5.69 Å². The van der Waals surface area contributed by atoms with Gasteiger partial charge in [-0.2, -0.15) is 0 Å². The van der Waals surface area contributed by atoms with Gasteiger partial charge in [-0.1, -0.05) is 18.2 Å². The summed E-state index contributed by atoms with van der Waals surface area (Å²) in [6.45, 7) is 3.78. The van der Waals surface area contributed by atoms with E-state index in [0.29, 0.717) is 0 Å². The van der Waals surface area contributed by atoms with Crippen LogP contribution in [0.4, 0.5) is 5.69 Å². The van der Waals surface area contributed by atoms with E-state index in [1.54, 1.807) is 0 Å². The first-order valence-corrected chi connectivity index (χ1v) is 6.88. The summed E-state index contributed by atoms with van der Waals surface area (Å²) in [5.74, 6) is -0.774. The van der Waals surface area contributed by atoms with Crippen LogP contribution in [-0.2, 0) is 4.79 Å². The molecule has 4 heteroatoms. The number of benzene rings is 1. The van der Waals surface area contributed by atoms with Crippen LogP contribution in [0.5, 0.6) is 0 Å². The summed E-state index contributed by atoms with van der Waals surface area (Å²) in [7, 11) is 2.10. The molecule has 2 rings (SSSR count). The number of piperidine rings is 1. The summed E-state index contributed by atoms with van der Waals surface area (Å²) in [6, 6.07) is 10.3. The van der Waals surface area contributed by atoms with E-state index < -0.39 is 5.97 Å². The highest BCUT2D eigenvalue weighted by Crippen LogP contribution is 2.17. The van der Waals surface area contributed by atoms with Gasteiger partial charge < -0.3 is 14.9 Å². The van der Waals surface area contributed by atoms with E-state index in [9.17, 15) is 4.79 Å². The van der Waals surface area contributed by atoms with Gasteiger partial charge in [-0.05, 0) is 38.1 Å². The zero-order valence-corrected chi connectivity index (χ0v) is 11.5. The van der Waals surface area contributed by atoms with Gasteiger partial charge >= 0.3 is 5.97 Å². The van der Waals surface area contributed by atoms with Crippen LogP contribution in [0.15, 0.2) is 30.3 Å². The molecule has 0 radical (unpaired) electrons. The van der Waals surface area contributed by atoms with Crippen LogP contribution in [-0.4, -0.2) is 49.2 Å². The lowest BCUT2D eigenvalue weighted by Gasteiger charge is -2.31. The Hall–Kier alpha value is -1.55. The average Bonchev–Trinajstić information content (AvgIpc) is 2.46. The number of rotatable bonds is 5. The van der Waals surface area contributed by atoms with E-state index in [1.807, 2.05) is 18.2 Å². The quantitative estimate of drug-likeness (QED) is 0.880. The number of carboxylic acids is 1. The number of nitrogens with zero attached hydrogens (tertiary/aromatic N) is 2. The molecule has 0 bridgehead atoms. The minimum Gasteiger partial charge on any atom is -0.481 e. The molecule has 0 aromatic heterocycles. The lowest BCUT2D eigenvalue weighted by Crippen LogP contribution is -2.40. The van der Waals surface area contributed by atoms with Crippen LogP contribution in [0.1, 0.15) is 12.8 Å². The Morgan fingerprint density at radius 3 is 2.53 bits per heavy atom. The van der Waals surface area contributed by atoms with Crippen LogP contribution < -0.4 is 4.90 Å². The third-order valence-electron chi connectivity index (χ3n) is 3.89. The third kappa shape index (κ3) is 3.96.